The van der Waals surface area contributed by atoms with Crippen molar-refractivity contribution in [3.05, 3.63) is 75.0 Å². The predicted octanol–water partition coefficient (Wildman–Crippen LogP) is 4.10. The number of carbonyl (C=O) groups excluding carboxylic acids is 1. The van der Waals surface area contributed by atoms with Gasteiger partial charge in [0, 0.05) is 28.1 Å². The Morgan fingerprint density at radius 3 is 2.92 bits per heavy atom. The zero-order valence-electron chi connectivity index (χ0n) is 12.7. The lowest BCUT2D eigenvalue weighted by molar-refractivity contribution is -0.138. The Kier molecular flexibility index (Phi) is 4.53. The Balaban J connectivity index is 1.81. The fourth-order valence-electron chi connectivity index (χ4n) is 2.20. The Morgan fingerprint density at radius 2 is 2.17 bits per heavy atom. The van der Waals surface area contributed by atoms with Crippen molar-refractivity contribution in [3.8, 4) is 0 Å². The molecular formula is C18H13ClO5. The smallest absolute Gasteiger partial charge is 0.336 e. The van der Waals surface area contributed by atoms with E-state index in [4.69, 9.17) is 25.2 Å². The van der Waals surface area contributed by atoms with Gasteiger partial charge >= 0.3 is 11.6 Å². The van der Waals surface area contributed by atoms with Crippen LogP contribution in [-0.4, -0.2) is 5.97 Å². The van der Waals surface area contributed by atoms with Crippen molar-refractivity contribution >= 4 is 34.6 Å². The number of furan rings is 1. The van der Waals surface area contributed by atoms with Gasteiger partial charge in [-0.15, -0.1) is 0 Å². The van der Waals surface area contributed by atoms with E-state index in [1.165, 1.54) is 24.5 Å². The summed E-state index contributed by atoms with van der Waals surface area (Å²) in [4.78, 5) is 23.4. The molecule has 0 atom stereocenters. The predicted molar refractivity (Wildman–Crippen MR) is 89.8 cm³/mol. The van der Waals surface area contributed by atoms with Crippen LogP contribution in [0.4, 0.5) is 0 Å². The molecule has 0 amide bonds. The van der Waals surface area contributed by atoms with Crippen molar-refractivity contribution in [2.24, 2.45) is 0 Å². The van der Waals surface area contributed by atoms with Crippen molar-refractivity contribution in [1.82, 2.24) is 0 Å². The number of hydrogen-bond donors (Lipinski definition) is 0. The van der Waals surface area contributed by atoms with Gasteiger partial charge in [0.15, 0.2) is 0 Å². The number of carbonyl (C=O) groups is 1. The first kappa shape index (κ1) is 16.1. The Bertz CT molecular complexity index is 967. The fraction of sp³-hybridized carbons (Fsp3) is 0.111. The van der Waals surface area contributed by atoms with Crippen LogP contribution in [0.25, 0.3) is 17.0 Å². The van der Waals surface area contributed by atoms with E-state index in [0.717, 1.165) is 5.56 Å². The lowest BCUT2D eigenvalue weighted by Crippen LogP contribution is -2.05. The third-order valence-corrected chi connectivity index (χ3v) is 3.81. The highest BCUT2D eigenvalue weighted by atomic mass is 35.5. The second-order valence-electron chi connectivity index (χ2n) is 5.14. The Labute approximate surface area is 142 Å². The summed E-state index contributed by atoms with van der Waals surface area (Å²) >= 11 is 6.12. The van der Waals surface area contributed by atoms with E-state index < -0.39 is 11.6 Å². The van der Waals surface area contributed by atoms with E-state index in [1.807, 2.05) is 6.92 Å². The zero-order valence-corrected chi connectivity index (χ0v) is 13.5. The standard InChI is InChI=1S/C18H13ClO5/c1-11-7-16-14(9-15(11)19)12(8-18(21)24-16)10-23-17(20)5-4-13-3-2-6-22-13/h2-9H,10H2,1H3/b5-4+. The summed E-state index contributed by atoms with van der Waals surface area (Å²) in [5, 5.41) is 1.18. The summed E-state index contributed by atoms with van der Waals surface area (Å²) < 4.78 is 15.4. The SMILES string of the molecule is Cc1cc2oc(=O)cc(COC(=O)/C=C/c3ccco3)c2cc1Cl. The highest BCUT2D eigenvalue weighted by Crippen LogP contribution is 2.25. The monoisotopic (exact) mass is 344 g/mol. The number of ether oxygens (including phenoxy) is 1. The van der Waals surface area contributed by atoms with E-state index in [-0.39, 0.29) is 6.61 Å². The molecule has 3 aromatic rings. The van der Waals surface area contributed by atoms with Gasteiger partial charge in [-0.2, -0.15) is 0 Å². The van der Waals surface area contributed by atoms with Gasteiger partial charge in [0.1, 0.15) is 18.0 Å². The minimum absolute atomic E-state index is 0.0666. The summed E-state index contributed by atoms with van der Waals surface area (Å²) in [6.07, 6.45) is 4.26. The molecule has 122 valence electrons. The lowest BCUT2D eigenvalue weighted by atomic mass is 10.1. The molecule has 0 aliphatic heterocycles. The van der Waals surface area contributed by atoms with Crippen LogP contribution in [0, 0.1) is 6.92 Å². The molecule has 6 heteroatoms. The van der Waals surface area contributed by atoms with Crippen LogP contribution in [0.1, 0.15) is 16.9 Å². The van der Waals surface area contributed by atoms with Gasteiger partial charge in [-0.3, -0.25) is 0 Å². The second-order valence-corrected chi connectivity index (χ2v) is 5.55. The maximum atomic E-state index is 11.8. The fourth-order valence-corrected chi connectivity index (χ4v) is 2.36. The molecule has 0 saturated carbocycles. The molecule has 0 unspecified atom stereocenters. The molecule has 0 spiro atoms. The molecule has 24 heavy (non-hydrogen) atoms. The van der Waals surface area contributed by atoms with Gasteiger partial charge in [-0.05, 0) is 42.8 Å². The Hall–Kier alpha value is -2.79. The van der Waals surface area contributed by atoms with Crippen LogP contribution in [0.15, 0.2) is 56.3 Å². The quantitative estimate of drug-likeness (QED) is 0.405. The molecule has 0 bridgehead atoms. The van der Waals surface area contributed by atoms with Gasteiger partial charge in [-0.1, -0.05) is 11.6 Å². The molecular weight excluding hydrogens is 332 g/mol. The van der Waals surface area contributed by atoms with Crippen molar-refractivity contribution in [2.75, 3.05) is 0 Å². The molecule has 5 nitrogen and oxygen atoms in total. The first-order chi connectivity index (χ1) is 11.5. The van der Waals surface area contributed by atoms with Crippen LogP contribution < -0.4 is 5.63 Å². The average Bonchev–Trinajstić information content (AvgIpc) is 3.06. The second kappa shape index (κ2) is 6.76. The summed E-state index contributed by atoms with van der Waals surface area (Å²) in [6.45, 7) is 1.75. The topological polar surface area (TPSA) is 69.7 Å². The van der Waals surface area contributed by atoms with Gasteiger partial charge < -0.3 is 13.6 Å². The van der Waals surface area contributed by atoms with Crippen LogP contribution in [0.3, 0.4) is 0 Å². The largest absolute Gasteiger partial charge is 0.465 e. The van der Waals surface area contributed by atoms with Crippen LogP contribution in [0.2, 0.25) is 5.02 Å². The van der Waals surface area contributed by atoms with Crippen molar-refractivity contribution in [1.29, 1.82) is 0 Å². The van der Waals surface area contributed by atoms with Gasteiger partial charge in [-0.25, -0.2) is 9.59 Å². The number of rotatable bonds is 4. The number of halogens is 1. The third-order valence-electron chi connectivity index (χ3n) is 3.41. The molecule has 0 radical (unpaired) electrons. The minimum atomic E-state index is -0.550. The minimum Gasteiger partial charge on any atom is -0.465 e. The van der Waals surface area contributed by atoms with E-state index >= 15 is 0 Å². The number of hydrogen-bond acceptors (Lipinski definition) is 5. The summed E-state index contributed by atoms with van der Waals surface area (Å²) in [7, 11) is 0. The maximum absolute atomic E-state index is 11.8. The van der Waals surface area contributed by atoms with Crippen molar-refractivity contribution in [2.45, 2.75) is 13.5 Å². The molecule has 1 aromatic carbocycles. The molecule has 0 fully saturated rings. The maximum Gasteiger partial charge on any atom is 0.336 e. The molecule has 0 N–H and O–H groups in total. The first-order valence-electron chi connectivity index (χ1n) is 7.14. The highest BCUT2D eigenvalue weighted by Gasteiger charge is 2.10. The first-order valence-corrected chi connectivity index (χ1v) is 7.52. The van der Waals surface area contributed by atoms with E-state index in [1.54, 1.807) is 24.3 Å². The van der Waals surface area contributed by atoms with E-state index in [9.17, 15) is 9.59 Å². The van der Waals surface area contributed by atoms with Crippen LogP contribution in [0.5, 0.6) is 0 Å². The zero-order chi connectivity index (χ0) is 17.1. The third kappa shape index (κ3) is 3.58. The van der Waals surface area contributed by atoms with E-state index in [2.05, 4.69) is 0 Å². The number of esters is 1. The molecule has 2 heterocycles. The van der Waals surface area contributed by atoms with Gasteiger partial charge in [0.05, 0.1) is 6.26 Å². The van der Waals surface area contributed by atoms with Crippen molar-refractivity contribution < 1.29 is 18.4 Å². The highest BCUT2D eigenvalue weighted by molar-refractivity contribution is 6.32. The molecule has 0 aliphatic rings. The molecule has 0 aliphatic carbocycles. The summed E-state index contributed by atoms with van der Waals surface area (Å²) in [6, 6.07) is 8.09. The molecule has 3 rings (SSSR count). The summed E-state index contributed by atoms with van der Waals surface area (Å²) in [5.41, 5.74) is 1.22. The Morgan fingerprint density at radius 1 is 1.33 bits per heavy atom. The number of aryl methyl sites for hydroxylation is 1. The van der Waals surface area contributed by atoms with Gasteiger partial charge in [0.25, 0.3) is 0 Å². The molecule has 2 aromatic heterocycles. The lowest BCUT2D eigenvalue weighted by Gasteiger charge is -2.07. The normalized spacial score (nSPS) is 11.2. The average molecular weight is 345 g/mol. The molecule has 0 saturated heterocycles. The summed E-state index contributed by atoms with van der Waals surface area (Å²) in [5.74, 6) is -0.00832. The van der Waals surface area contributed by atoms with Crippen LogP contribution in [-0.2, 0) is 16.1 Å². The van der Waals surface area contributed by atoms with Gasteiger partial charge in [0.2, 0.25) is 0 Å². The van der Waals surface area contributed by atoms with E-state index in [0.29, 0.717) is 27.3 Å². The number of fused-ring (bicyclic) bond motifs is 1. The number of benzene rings is 1. The van der Waals surface area contributed by atoms with Crippen molar-refractivity contribution in [3.63, 3.8) is 0 Å². The van der Waals surface area contributed by atoms with Crippen LogP contribution >= 0.6 is 11.6 Å².